The molecule has 0 spiro atoms. The van der Waals surface area contributed by atoms with Crippen LogP contribution in [0.3, 0.4) is 0 Å². The van der Waals surface area contributed by atoms with Gasteiger partial charge in [-0.1, -0.05) is 25.2 Å². The highest BCUT2D eigenvalue weighted by atomic mass is 19.4. The van der Waals surface area contributed by atoms with Crippen molar-refractivity contribution in [3.05, 3.63) is 58.0 Å². The van der Waals surface area contributed by atoms with Gasteiger partial charge in [-0.25, -0.2) is 9.78 Å². The van der Waals surface area contributed by atoms with Crippen LogP contribution in [0, 0.1) is 5.92 Å². The van der Waals surface area contributed by atoms with Crippen molar-refractivity contribution in [2.75, 3.05) is 0 Å². The van der Waals surface area contributed by atoms with Gasteiger partial charge in [-0.15, -0.1) is 0 Å². The zero-order chi connectivity index (χ0) is 23.6. The van der Waals surface area contributed by atoms with E-state index in [2.05, 4.69) is 10.3 Å². The molecule has 1 aliphatic rings. The van der Waals surface area contributed by atoms with Crippen LogP contribution in [-0.4, -0.2) is 43.9 Å². The standard InChI is InChI=1S/C21H20F3N3O5/c1-2-14(20(31)32)26-18(29)15-16(28)13-4-3-9-25-17(13)27(19(15)30)10-11-5-7-12(8-6-11)21(22,23)24/h3-5,7-9,11,14,28H,2,6,10H2,1H3,(H,26,29)(H,31,32)/t11?,14-/m0/s1. The monoisotopic (exact) mass is 451 g/mol. The number of allylic oxidation sites excluding steroid dienone is 4. The van der Waals surface area contributed by atoms with Crippen LogP contribution in [-0.2, 0) is 11.3 Å². The van der Waals surface area contributed by atoms with Gasteiger partial charge in [-0.3, -0.25) is 14.2 Å². The molecule has 2 aromatic rings. The van der Waals surface area contributed by atoms with E-state index in [9.17, 15) is 32.7 Å². The van der Waals surface area contributed by atoms with Gasteiger partial charge in [0.2, 0.25) is 0 Å². The summed E-state index contributed by atoms with van der Waals surface area (Å²) in [4.78, 5) is 41.1. The van der Waals surface area contributed by atoms with E-state index in [4.69, 9.17) is 5.11 Å². The van der Waals surface area contributed by atoms with E-state index < -0.39 is 52.5 Å². The molecule has 0 radical (unpaired) electrons. The van der Waals surface area contributed by atoms with E-state index in [1.165, 1.54) is 31.3 Å². The van der Waals surface area contributed by atoms with Gasteiger partial charge in [-0.05, 0) is 30.9 Å². The fourth-order valence-electron chi connectivity index (χ4n) is 3.45. The summed E-state index contributed by atoms with van der Waals surface area (Å²) in [5.41, 5.74) is -2.31. The van der Waals surface area contributed by atoms with E-state index in [1.54, 1.807) is 0 Å². The number of carbonyl (C=O) groups excluding carboxylic acids is 1. The van der Waals surface area contributed by atoms with Crippen molar-refractivity contribution in [2.45, 2.75) is 38.5 Å². The molecule has 0 saturated carbocycles. The Labute approximate surface area is 179 Å². The maximum atomic E-state index is 13.1. The number of aromatic hydroxyl groups is 1. The first-order valence-corrected chi connectivity index (χ1v) is 9.74. The summed E-state index contributed by atoms with van der Waals surface area (Å²) in [6.07, 6.45) is 0.231. The van der Waals surface area contributed by atoms with Gasteiger partial charge in [0.25, 0.3) is 11.5 Å². The van der Waals surface area contributed by atoms with Gasteiger partial charge in [0.1, 0.15) is 23.0 Å². The van der Waals surface area contributed by atoms with Crippen molar-refractivity contribution >= 4 is 22.9 Å². The van der Waals surface area contributed by atoms with Crippen LogP contribution in [0.15, 0.2) is 46.9 Å². The predicted molar refractivity (Wildman–Crippen MR) is 108 cm³/mol. The number of nitrogens with one attached hydrogen (secondary N) is 1. The van der Waals surface area contributed by atoms with Gasteiger partial charge in [-0.2, -0.15) is 13.2 Å². The predicted octanol–water partition coefficient (Wildman–Crippen LogP) is 2.76. The van der Waals surface area contributed by atoms with Crippen molar-refractivity contribution in [3.8, 4) is 5.75 Å². The molecule has 0 saturated heterocycles. The van der Waals surface area contributed by atoms with Crippen LogP contribution in [0.25, 0.3) is 11.0 Å². The first-order valence-electron chi connectivity index (χ1n) is 9.74. The summed E-state index contributed by atoms with van der Waals surface area (Å²) in [5.74, 6) is -3.51. The molecule has 1 aliphatic carbocycles. The smallest absolute Gasteiger partial charge is 0.416 e. The number of carbonyl (C=O) groups is 2. The molecular formula is C21H20F3N3O5. The summed E-state index contributed by atoms with van der Waals surface area (Å²) in [7, 11) is 0. The molecular weight excluding hydrogens is 431 g/mol. The molecule has 170 valence electrons. The second-order valence-electron chi connectivity index (χ2n) is 7.30. The largest absolute Gasteiger partial charge is 0.506 e. The number of aromatic nitrogens is 2. The van der Waals surface area contributed by atoms with Crippen molar-refractivity contribution in [2.24, 2.45) is 5.92 Å². The van der Waals surface area contributed by atoms with Crippen LogP contribution >= 0.6 is 0 Å². The minimum Gasteiger partial charge on any atom is -0.506 e. The fraction of sp³-hybridized carbons (Fsp3) is 0.333. The first kappa shape index (κ1) is 23.0. The number of halogens is 3. The highest BCUT2D eigenvalue weighted by molar-refractivity contribution is 6.02. The lowest BCUT2D eigenvalue weighted by molar-refractivity contribution is -0.139. The van der Waals surface area contributed by atoms with E-state index >= 15 is 0 Å². The molecule has 2 aromatic heterocycles. The Bertz CT molecular complexity index is 1180. The van der Waals surface area contributed by atoms with Crippen LogP contribution in [0.5, 0.6) is 5.75 Å². The Morgan fingerprint density at radius 1 is 1.38 bits per heavy atom. The molecule has 32 heavy (non-hydrogen) atoms. The molecule has 8 nitrogen and oxygen atoms in total. The van der Waals surface area contributed by atoms with Crippen LogP contribution < -0.4 is 10.9 Å². The van der Waals surface area contributed by atoms with Gasteiger partial charge in [0, 0.05) is 12.7 Å². The second-order valence-corrected chi connectivity index (χ2v) is 7.30. The van der Waals surface area contributed by atoms with Crippen LogP contribution in [0.2, 0.25) is 0 Å². The second kappa shape index (κ2) is 8.85. The van der Waals surface area contributed by atoms with Crippen molar-refractivity contribution in [1.29, 1.82) is 0 Å². The topological polar surface area (TPSA) is 122 Å². The Morgan fingerprint density at radius 2 is 2.09 bits per heavy atom. The van der Waals surface area contributed by atoms with E-state index in [-0.39, 0.29) is 30.4 Å². The lowest BCUT2D eigenvalue weighted by Crippen LogP contribution is -2.43. The third-order valence-corrected chi connectivity index (χ3v) is 5.16. The van der Waals surface area contributed by atoms with Gasteiger partial charge < -0.3 is 15.5 Å². The zero-order valence-electron chi connectivity index (χ0n) is 16.9. The summed E-state index contributed by atoms with van der Waals surface area (Å²) >= 11 is 0. The maximum absolute atomic E-state index is 13.1. The first-order chi connectivity index (χ1) is 15.0. The minimum atomic E-state index is -4.48. The third kappa shape index (κ3) is 4.51. The van der Waals surface area contributed by atoms with Gasteiger partial charge >= 0.3 is 12.1 Å². The molecule has 1 unspecified atom stereocenters. The molecule has 2 atom stereocenters. The highest BCUT2D eigenvalue weighted by Gasteiger charge is 2.33. The number of alkyl halides is 3. The summed E-state index contributed by atoms with van der Waals surface area (Å²) in [5, 5.41) is 22.0. The Morgan fingerprint density at radius 3 is 2.66 bits per heavy atom. The molecule has 0 bridgehead atoms. The lowest BCUT2D eigenvalue weighted by atomic mass is 9.96. The number of fused-ring (bicyclic) bond motifs is 1. The minimum absolute atomic E-state index is 0.00540. The average molecular weight is 451 g/mol. The van der Waals surface area contributed by atoms with Crippen molar-refractivity contribution in [1.82, 2.24) is 14.9 Å². The number of carboxylic acid groups (broad SMARTS) is 1. The fourth-order valence-corrected chi connectivity index (χ4v) is 3.45. The van der Waals surface area contributed by atoms with E-state index in [0.717, 1.165) is 16.7 Å². The molecule has 2 heterocycles. The number of rotatable bonds is 6. The maximum Gasteiger partial charge on any atom is 0.416 e. The molecule has 0 aromatic carbocycles. The van der Waals surface area contributed by atoms with Crippen molar-refractivity contribution in [3.63, 3.8) is 0 Å². The quantitative estimate of drug-likeness (QED) is 0.621. The Hall–Kier alpha value is -3.63. The molecule has 1 amide bonds. The van der Waals surface area contributed by atoms with Crippen molar-refractivity contribution < 1.29 is 33.0 Å². The summed E-state index contributed by atoms with van der Waals surface area (Å²) in [6, 6.07) is 1.63. The molecule has 11 heteroatoms. The number of pyridine rings is 2. The van der Waals surface area contributed by atoms with Gasteiger partial charge in [0.15, 0.2) is 0 Å². The molecule has 3 N–H and O–H groups in total. The Balaban J connectivity index is 2.03. The molecule has 0 aliphatic heterocycles. The van der Waals surface area contributed by atoms with E-state index in [0.29, 0.717) is 0 Å². The molecule has 0 fully saturated rings. The average Bonchev–Trinajstić information content (AvgIpc) is 2.74. The SMILES string of the molecule is CC[C@H](NC(=O)c1c(O)c2cccnc2n(CC2C=CC(C(F)(F)F)=CC2)c1=O)C(=O)O. The van der Waals surface area contributed by atoms with Gasteiger partial charge in [0.05, 0.1) is 11.0 Å². The summed E-state index contributed by atoms with van der Waals surface area (Å²) in [6.45, 7) is 1.43. The summed E-state index contributed by atoms with van der Waals surface area (Å²) < 4.78 is 39.6. The third-order valence-electron chi connectivity index (χ3n) is 5.16. The Kier molecular flexibility index (Phi) is 6.37. The molecule has 3 rings (SSSR count). The number of hydrogen-bond acceptors (Lipinski definition) is 5. The van der Waals surface area contributed by atoms with Crippen LogP contribution in [0.4, 0.5) is 13.2 Å². The number of carboxylic acids is 1. The number of hydrogen-bond donors (Lipinski definition) is 3. The number of nitrogens with zero attached hydrogens (tertiary/aromatic N) is 2. The number of amides is 1. The number of aliphatic carboxylic acids is 1. The highest BCUT2D eigenvalue weighted by Crippen LogP contribution is 2.32. The normalized spacial score (nSPS) is 17.1. The van der Waals surface area contributed by atoms with E-state index in [1.807, 2.05) is 0 Å². The van der Waals surface area contributed by atoms with Crippen LogP contribution in [0.1, 0.15) is 30.1 Å². The zero-order valence-corrected chi connectivity index (χ0v) is 16.9. The lowest BCUT2D eigenvalue weighted by Gasteiger charge is -2.21.